The first-order valence-electron chi connectivity index (χ1n) is 17.0. The number of nitriles is 1. The molecule has 11 nitrogen and oxygen atoms in total. The van der Waals surface area contributed by atoms with Crippen molar-refractivity contribution < 1.29 is 22.9 Å². The van der Waals surface area contributed by atoms with Crippen LogP contribution < -0.4 is 21.5 Å². The number of nitrogens with one attached hydrogen (secondary N) is 1. The maximum absolute atomic E-state index is 16.4. The van der Waals surface area contributed by atoms with E-state index < -0.39 is 44.4 Å². The van der Waals surface area contributed by atoms with Crippen molar-refractivity contribution in [2.24, 2.45) is 5.73 Å². The molecule has 270 valence electrons. The zero-order valence-electron chi connectivity index (χ0n) is 29.6. The van der Waals surface area contributed by atoms with Crippen LogP contribution in [0.2, 0.25) is 0 Å². The second kappa shape index (κ2) is 17.3. The second-order valence-corrected chi connectivity index (χ2v) is 14.1. The minimum absolute atomic E-state index is 0.00868. The molecule has 0 radical (unpaired) electrons. The van der Waals surface area contributed by atoms with E-state index in [9.17, 15) is 4.79 Å². The van der Waals surface area contributed by atoms with Crippen molar-refractivity contribution in [2.45, 2.75) is 76.3 Å². The largest absolute Gasteiger partial charge is 0.497 e. The number of rotatable bonds is 16. The van der Waals surface area contributed by atoms with E-state index in [-0.39, 0.29) is 37.5 Å². The molecule has 5 rings (SSSR count). The van der Waals surface area contributed by atoms with E-state index >= 15 is 4.39 Å². The molecule has 1 fully saturated rings. The van der Waals surface area contributed by atoms with Gasteiger partial charge in [0.25, 0.3) is 8.53 Å². The Morgan fingerprint density at radius 1 is 1.00 bits per heavy atom. The second-order valence-electron chi connectivity index (χ2n) is 12.7. The number of nitrogens with zero attached hydrogens (tertiary/aromatic N) is 4. The van der Waals surface area contributed by atoms with Crippen LogP contribution in [-0.4, -0.2) is 64.9 Å². The Hall–Kier alpha value is -4.21. The van der Waals surface area contributed by atoms with Crippen molar-refractivity contribution >= 4 is 14.3 Å². The highest BCUT2D eigenvalue weighted by atomic mass is 31.2. The van der Waals surface area contributed by atoms with E-state index in [1.807, 2.05) is 117 Å². The van der Waals surface area contributed by atoms with Crippen LogP contribution in [0.1, 0.15) is 57.0 Å². The molecule has 0 amide bonds. The van der Waals surface area contributed by atoms with Gasteiger partial charge in [0.2, 0.25) is 0 Å². The van der Waals surface area contributed by atoms with Crippen molar-refractivity contribution in [1.82, 2.24) is 14.2 Å². The number of benzene rings is 3. The highest BCUT2D eigenvalue weighted by Gasteiger charge is 2.49. The first-order valence-corrected chi connectivity index (χ1v) is 18.1. The van der Waals surface area contributed by atoms with E-state index in [1.165, 1.54) is 6.20 Å². The molecule has 2 heterocycles. The number of aromatic nitrogens is 2. The molecule has 1 aliphatic heterocycles. The number of alkyl halides is 1. The molecule has 1 unspecified atom stereocenters. The summed E-state index contributed by atoms with van der Waals surface area (Å²) in [6.07, 6.45) is -3.47. The molecule has 4 aromatic rings. The summed E-state index contributed by atoms with van der Waals surface area (Å²) in [6.45, 7) is 8.05. The molecule has 3 aromatic carbocycles. The highest BCUT2D eigenvalue weighted by molar-refractivity contribution is 7.44. The van der Waals surface area contributed by atoms with E-state index in [0.29, 0.717) is 5.75 Å². The quantitative estimate of drug-likeness (QED) is 0.0750. The predicted octanol–water partition coefficient (Wildman–Crippen LogP) is 6.51. The highest BCUT2D eigenvalue weighted by Crippen LogP contribution is 2.50. The van der Waals surface area contributed by atoms with Crippen molar-refractivity contribution in [3.63, 3.8) is 0 Å². The monoisotopic (exact) mass is 716 g/mol. The van der Waals surface area contributed by atoms with Crippen molar-refractivity contribution in [1.29, 1.82) is 5.26 Å². The van der Waals surface area contributed by atoms with Gasteiger partial charge in [0.1, 0.15) is 29.3 Å². The third-order valence-electron chi connectivity index (χ3n) is 8.73. The number of anilines is 1. The molecule has 1 saturated heterocycles. The SMILES string of the molecule is COc1ccc(C(Nc2ccn([C@@H]3O[C@H](CN)[C@@H](OP(OCCC#N)N(C(C)C)C(C)C)[C@H]3F)c(=O)n2)(c2ccccc2)c2ccccc2)cc1. The fourth-order valence-corrected chi connectivity index (χ4v) is 8.20. The van der Waals surface area contributed by atoms with Gasteiger partial charge in [0.15, 0.2) is 12.4 Å². The molecule has 0 spiro atoms. The predicted molar refractivity (Wildman–Crippen MR) is 196 cm³/mol. The molecule has 1 aliphatic rings. The first-order chi connectivity index (χ1) is 24.6. The zero-order valence-corrected chi connectivity index (χ0v) is 30.5. The molecular formula is C38H46FN6O5P. The van der Waals surface area contributed by atoms with Crippen molar-refractivity contribution in [3.05, 3.63) is 124 Å². The Kier molecular flexibility index (Phi) is 12.9. The van der Waals surface area contributed by atoms with Gasteiger partial charge in [-0.1, -0.05) is 72.8 Å². The smallest absolute Gasteiger partial charge is 0.351 e. The summed E-state index contributed by atoms with van der Waals surface area (Å²) < 4.78 is 43.4. The van der Waals surface area contributed by atoms with Gasteiger partial charge in [-0.2, -0.15) is 10.2 Å². The minimum atomic E-state index is -1.79. The number of methoxy groups -OCH3 is 1. The molecule has 13 heteroatoms. The Bertz CT molecular complexity index is 1740. The molecule has 0 bridgehead atoms. The summed E-state index contributed by atoms with van der Waals surface area (Å²) in [5.41, 5.74) is 7.06. The molecule has 0 aliphatic carbocycles. The lowest BCUT2D eigenvalue weighted by atomic mass is 9.77. The summed E-state index contributed by atoms with van der Waals surface area (Å²) in [6, 6.07) is 31.2. The molecule has 3 N–H and O–H groups in total. The number of ether oxygens (including phenoxy) is 2. The standard InChI is InChI=1S/C38H46FN6O5P/c1-26(2)45(27(3)4)51(48-24-12-22-40)50-35-32(25-41)49-36(34(35)39)44-23-21-33(42-37(44)46)43-38(28-13-8-6-9-14-28,29-15-10-7-11-16-29)30-17-19-31(47-5)20-18-30/h6-11,13-21,23,26-27,32,34-36H,12,24-25,41H2,1-5H3,(H,42,43,46)/t32-,34-,35-,36-,51?/m1/s1. The van der Waals surface area contributed by atoms with E-state index in [0.717, 1.165) is 21.3 Å². The Morgan fingerprint density at radius 2 is 1.59 bits per heavy atom. The summed E-state index contributed by atoms with van der Waals surface area (Å²) in [7, 11) is -0.170. The van der Waals surface area contributed by atoms with Crippen LogP contribution in [-0.2, 0) is 19.3 Å². The average molecular weight is 717 g/mol. The lowest BCUT2D eigenvalue weighted by molar-refractivity contribution is -0.0218. The molecule has 1 aromatic heterocycles. The number of hydrogen-bond donors (Lipinski definition) is 2. The van der Waals surface area contributed by atoms with E-state index in [1.54, 1.807) is 13.2 Å². The average Bonchev–Trinajstić information content (AvgIpc) is 3.45. The third kappa shape index (κ3) is 8.31. The first kappa shape index (κ1) is 38.0. The van der Waals surface area contributed by atoms with Crippen molar-refractivity contribution in [3.8, 4) is 11.8 Å². The van der Waals surface area contributed by atoms with Gasteiger partial charge in [0, 0.05) is 24.8 Å². The summed E-state index contributed by atoms with van der Waals surface area (Å²) >= 11 is 0. The van der Waals surface area contributed by atoms with Gasteiger partial charge >= 0.3 is 5.69 Å². The summed E-state index contributed by atoms with van der Waals surface area (Å²) in [5, 5.41) is 12.7. The van der Waals surface area contributed by atoms with Crippen LogP contribution in [0.4, 0.5) is 10.2 Å². The normalized spacial score (nSPS) is 19.7. The zero-order chi connectivity index (χ0) is 36.5. The van der Waals surface area contributed by atoms with Crippen LogP contribution in [0, 0.1) is 11.3 Å². The van der Waals surface area contributed by atoms with Gasteiger partial charge in [-0.05, 0) is 62.6 Å². The van der Waals surface area contributed by atoms with Crippen LogP contribution in [0.5, 0.6) is 5.75 Å². The molecular weight excluding hydrogens is 670 g/mol. The van der Waals surface area contributed by atoms with Crippen LogP contribution >= 0.6 is 8.53 Å². The molecule has 5 atom stereocenters. The van der Waals surface area contributed by atoms with Gasteiger partial charge in [-0.25, -0.2) is 13.9 Å². The van der Waals surface area contributed by atoms with Crippen LogP contribution in [0.3, 0.4) is 0 Å². The lowest BCUT2D eigenvalue weighted by Gasteiger charge is -2.37. The van der Waals surface area contributed by atoms with Gasteiger partial charge in [-0.15, -0.1) is 0 Å². The number of nitrogens with two attached hydrogens (primary N) is 1. The Balaban J connectivity index is 1.49. The van der Waals surface area contributed by atoms with E-state index in [4.69, 9.17) is 29.5 Å². The topological polar surface area (TPSA) is 137 Å². The Morgan fingerprint density at radius 3 is 2.10 bits per heavy atom. The van der Waals surface area contributed by atoms with Crippen LogP contribution in [0.25, 0.3) is 0 Å². The fraction of sp³-hybridized carbons (Fsp3) is 0.395. The summed E-state index contributed by atoms with van der Waals surface area (Å²) in [4.78, 5) is 18.2. The molecule has 51 heavy (non-hydrogen) atoms. The van der Waals surface area contributed by atoms with E-state index in [2.05, 4.69) is 16.4 Å². The number of halogens is 1. The maximum atomic E-state index is 16.4. The van der Waals surface area contributed by atoms with Crippen molar-refractivity contribution in [2.75, 3.05) is 25.6 Å². The lowest BCUT2D eigenvalue weighted by Crippen LogP contribution is -2.40. The Labute approximate surface area is 300 Å². The fourth-order valence-electron chi connectivity index (χ4n) is 6.43. The third-order valence-corrected chi connectivity index (χ3v) is 10.9. The minimum Gasteiger partial charge on any atom is -0.497 e. The summed E-state index contributed by atoms with van der Waals surface area (Å²) in [5.74, 6) is 0.975. The molecule has 0 saturated carbocycles. The van der Waals surface area contributed by atoms with Gasteiger partial charge < -0.3 is 29.6 Å². The van der Waals surface area contributed by atoms with Gasteiger partial charge in [0.05, 0.1) is 26.2 Å². The number of hydrogen-bond acceptors (Lipinski definition) is 10. The van der Waals surface area contributed by atoms with Gasteiger partial charge in [-0.3, -0.25) is 4.57 Å². The van der Waals surface area contributed by atoms with Crippen LogP contribution in [0.15, 0.2) is 102 Å². The maximum Gasteiger partial charge on any atom is 0.351 e.